The highest BCUT2D eigenvalue weighted by Crippen LogP contribution is 2.26. The molecule has 10 heteroatoms. The van der Waals surface area contributed by atoms with E-state index in [-0.39, 0.29) is 24.1 Å². The Kier molecular flexibility index (Phi) is 7.12. The van der Waals surface area contributed by atoms with E-state index in [4.69, 9.17) is 23.2 Å². The van der Waals surface area contributed by atoms with Crippen LogP contribution in [0.2, 0.25) is 10.0 Å². The first kappa shape index (κ1) is 23.1. The molecule has 30 heavy (non-hydrogen) atoms. The van der Waals surface area contributed by atoms with Gasteiger partial charge in [-0.05, 0) is 44.9 Å². The zero-order valence-corrected chi connectivity index (χ0v) is 19.6. The molecule has 0 aliphatic carbocycles. The van der Waals surface area contributed by atoms with Gasteiger partial charge < -0.3 is 4.90 Å². The number of likely N-dealkylation sites (tertiary alicyclic amines) is 1. The van der Waals surface area contributed by atoms with Gasteiger partial charge in [0.1, 0.15) is 0 Å². The maximum atomic E-state index is 12.9. The van der Waals surface area contributed by atoms with E-state index in [1.165, 1.54) is 0 Å². The molecule has 1 amide bonds. The van der Waals surface area contributed by atoms with Crippen molar-refractivity contribution in [3.8, 4) is 5.69 Å². The lowest BCUT2D eigenvalue weighted by Gasteiger charge is -2.17. The van der Waals surface area contributed by atoms with E-state index >= 15 is 0 Å². The Morgan fingerprint density at radius 1 is 1.27 bits per heavy atom. The Hall–Kier alpha value is -1.61. The Morgan fingerprint density at radius 2 is 2.00 bits per heavy atom. The molecule has 0 bridgehead atoms. The molecule has 0 saturated carbocycles. The van der Waals surface area contributed by atoms with Crippen LogP contribution in [0.15, 0.2) is 18.2 Å². The van der Waals surface area contributed by atoms with Crippen molar-refractivity contribution in [1.82, 2.24) is 19.4 Å². The Bertz CT molecular complexity index is 1050. The molecule has 1 fully saturated rings. The van der Waals surface area contributed by atoms with Gasteiger partial charge in [-0.2, -0.15) is 5.10 Å². The first-order valence-electron chi connectivity index (χ1n) is 9.89. The highest BCUT2D eigenvalue weighted by Gasteiger charge is 2.30. The zero-order valence-electron chi connectivity index (χ0n) is 17.3. The topological polar surface area (TPSA) is 84.3 Å². The van der Waals surface area contributed by atoms with Crippen LogP contribution in [0, 0.1) is 13.8 Å². The van der Waals surface area contributed by atoms with E-state index in [1.54, 1.807) is 21.7 Å². The molecule has 1 N–H and O–H groups in total. The molecular formula is C20H26Cl2N4O3S. The lowest BCUT2D eigenvalue weighted by molar-refractivity contribution is -0.129. The molecule has 1 saturated heterocycles. The second-order valence-corrected chi connectivity index (χ2v) is 10.3. The quantitative estimate of drug-likeness (QED) is 0.669. The van der Waals surface area contributed by atoms with Crippen molar-refractivity contribution in [2.75, 3.05) is 18.8 Å². The highest BCUT2D eigenvalue weighted by atomic mass is 35.5. The summed E-state index contributed by atoms with van der Waals surface area (Å²) < 4.78 is 28.4. The van der Waals surface area contributed by atoms with E-state index in [0.29, 0.717) is 36.0 Å². The summed E-state index contributed by atoms with van der Waals surface area (Å²) in [5.74, 6) is 0.0658. The summed E-state index contributed by atoms with van der Waals surface area (Å²) in [5, 5.41) is 5.47. The van der Waals surface area contributed by atoms with Crippen LogP contribution in [0.4, 0.5) is 0 Å². The van der Waals surface area contributed by atoms with Gasteiger partial charge in [-0.25, -0.2) is 17.8 Å². The minimum atomic E-state index is -3.29. The van der Waals surface area contributed by atoms with Crippen molar-refractivity contribution >= 4 is 39.1 Å². The predicted molar refractivity (Wildman–Crippen MR) is 119 cm³/mol. The van der Waals surface area contributed by atoms with Crippen LogP contribution >= 0.6 is 23.2 Å². The van der Waals surface area contributed by atoms with Crippen LogP contribution in [0.5, 0.6) is 0 Å². The van der Waals surface area contributed by atoms with Crippen LogP contribution < -0.4 is 4.72 Å². The highest BCUT2D eigenvalue weighted by molar-refractivity contribution is 7.89. The summed E-state index contributed by atoms with van der Waals surface area (Å²) in [5.41, 5.74) is 3.27. The molecule has 0 radical (unpaired) electrons. The third-order valence-electron chi connectivity index (χ3n) is 5.28. The summed E-state index contributed by atoms with van der Waals surface area (Å²) in [6, 6.07) is 5.05. The number of sulfonamides is 1. The van der Waals surface area contributed by atoms with Crippen LogP contribution in [-0.2, 0) is 21.2 Å². The standard InChI is InChI=1S/C20H26Cl2N4O3S/c1-4-9-30(28,29)24-15-7-8-25(12-15)20(27)11-17-13(2)23-26(14(17)3)16-5-6-18(21)19(22)10-16/h5-6,10,15,24H,4,7-9,11-12H2,1-3H3/t15-/m0/s1. The van der Waals surface area contributed by atoms with Gasteiger partial charge in [-0.3, -0.25) is 4.79 Å². The minimum Gasteiger partial charge on any atom is -0.341 e. The molecule has 0 unspecified atom stereocenters. The SMILES string of the molecule is CCCS(=O)(=O)N[C@H]1CCN(C(=O)Cc2c(C)nn(-c3ccc(Cl)c(Cl)c3)c2C)C1. The molecule has 1 aromatic carbocycles. The van der Waals surface area contributed by atoms with Gasteiger partial charge in [0, 0.05) is 30.4 Å². The molecule has 2 heterocycles. The van der Waals surface area contributed by atoms with Gasteiger partial charge in [0.2, 0.25) is 15.9 Å². The molecule has 1 atom stereocenters. The van der Waals surface area contributed by atoms with Crippen molar-refractivity contribution in [2.24, 2.45) is 0 Å². The van der Waals surface area contributed by atoms with Crippen LogP contribution in [0.3, 0.4) is 0 Å². The average Bonchev–Trinajstić information content (AvgIpc) is 3.23. The maximum Gasteiger partial charge on any atom is 0.227 e. The number of hydrogen-bond acceptors (Lipinski definition) is 4. The molecule has 7 nitrogen and oxygen atoms in total. The summed E-state index contributed by atoms with van der Waals surface area (Å²) in [7, 11) is -3.29. The molecule has 3 rings (SSSR count). The number of aromatic nitrogens is 2. The Balaban J connectivity index is 1.70. The zero-order chi connectivity index (χ0) is 22.1. The van der Waals surface area contributed by atoms with E-state index < -0.39 is 10.0 Å². The molecule has 1 aliphatic rings. The Morgan fingerprint density at radius 3 is 2.67 bits per heavy atom. The molecule has 0 spiro atoms. The number of rotatable bonds is 7. The number of nitrogens with zero attached hydrogens (tertiary/aromatic N) is 3. The number of benzene rings is 1. The van der Waals surface area contributed by atoms with Crippen molar-refractivity contribution in [3.63, 3.8) is 0 Å². The molecule has 164 valence electrons. The van der Waals surface area contributed by atoms with Gasteiger partial charge in [-0.1, -0.05) is 30.1 Å². The molecule has 1 aliphatic heterocycles. The third kappa shape index (κ3) is 5.17. The Labute approximate surface area is 187 Å². The van der Waals surface area contributed by atoms with Gasteiger partial charge in [0.05, 0.1) is 33.6 Å². The summed E-state index contributed by atoms with van der Waals surface area (Å²) >= 11 is 12.1. The summed E-state index contributed by atoms with van der Waals surface area (Å²) in [6.45, 7) is 6.54. The number of amides is 1. The van der Waals surface area contributed by atoms with Crippen LogP contribution in [-0.4, -0.2) is 53.9 Å². The summed E-state index contributed by atoms with van der Waals surface area (Å²) in [6.07, 6.45) is 1.40. The monoisotopic (exact) mass is 472 g/mol. The number of nitrogens with one attached hydrogen (secondary N) is 1. The second kappa shape index (κ2) is 9.26. The number of carbonyl (C=O) groups excluding carboxylic acids is 1. The van der Waals surface area contributed by atoms with Crippen molar-refractivity contribution in [3.05, 3.63) is 45.2 Å². The second-order valence-electron chi connectivity index (χ2n) is 7.60. The van der Waals surface area contributed by atoms with Crippen LogP contribution in [0.1, 0.15) is 36.7 Å². The van der Waals surface area contributed by atoms with Crippen LogP contribution in [0.25, 0.3) is 5.69 Å². The van der Waals surface area contributed by atoms with E-state index in [0.717, 1.165) is 22.6 Å². The lowest BCUT2D eigenvalue weighted by atomic mass is 10.1. The number of halogens is 2. The van der Waals surface area contributed by atoms with Crippen molar-refractivity contribution in [1.29, 1.82) is 0 Å². The van der Waals surface area contributed by atoms with Crippen molar-refractivity contribution in [2.45, 2.75) is 46.1 Å². The first-order chi connectivity index (χ1) is 14.1. The first-order valence-corrected chi connectivity index (χ1v) is 12.3. The van der Waals surface area contributed by atoms with Gasteiger partial charge >= 0.3 is 0 Å². The van der Waals surface area contributed by atoms with Gasteiger partial charge in [0.25, 0.3) is 0 Å². The van der Waals surface area contributed by atoms with E-state index in [9.17, 15) is 13.2 Å². The summed E-state index contributed by atoms with van der Waals surface area (Å²) in [4.78, 5) is 14.6. The lowest BCUT2D eigenvalue weighted by Crippen LogP contribution is -2.39. The minimum absolute atomic E-state index is 0.0351. The fraction of sp³-hybridized carbons (Fsp3) is 0.500. The largest absolute Gasteiger partial charge is 0.341 e. The predicted octanol–water partition coefficient (Wildman–Crippen LogP) is 3.27. The average molecular weight is 473 g/mol. The fourth-order valence-corrected chi connectivity index (χ4v) is 5.37. The third-order valence-corrected chi connectivity index (χ3v) is 7.65. The number of hydrogen-bond donors (Lipinski definition) is 1. The van der Waals surface area contributed by atoms with Crippen molar-refractivity contribution < 1.29 is 13.2 Å². The van der Waals surface area contributed by atoms with E-state index in [2.05, 4.69) is 9.82 Å². The normalized spacial score (nSPS) is 17.0. The molecular weight excluding hydrogens is 447 g/mol. The van der Waals surface area contributed by atoms with E-state index in [1.807, 2.05) is 26.8 Å². The molecule has 1 aromatic heterocycles. The van der Waals surface area contributed by atoms with Gasteiger partial charge in [0.15, 0.2) is 0 Å². The maximum absolute atomic E-state index is 12.9. The number of aryl methyl sites for hydroxylation is 1. The molecule has 2 aromatic rings. The van der Waals surface area contributed by atoms with Gasteiger partial charge in [-0.15, -0.1) is 0 Å². The fourth-order valence-electron chi connectivity index (χ4n) is 3.73. The number of carbonyl (C=O) groups is 1. The smallest absolute Gasteiger partial charge is 0.227 e.